The van der Waals surface area contributed by atoms with E-state index in [-0.39, 0.29) is 0 Å². The molecule has 0 saturated carbocycles. The number of rotatable bonds is 4. The highest BCUT2D eigenvalue weighted by atomic mass is 14.0. The first-order chi connectivity index (χ1) is 5.88. The van der Waals surface area contributed by atoms with E-state index in [2.05, 4.69) is 25.6 Å². The van der Waals surface area contributed by atoms with Gasteiger partial charge in [-0.25, -0.2) is 0 Å². The van der Waals surface area contributed by atoms with Gasteiger partial charge >= 0.3 is 0 Å². The molecule has 12 heavy (non-hydrogen) atoms. The Balaban J connectivity index is 2.83. The van der Waals surface area contributed by atoms with Crippen molar-refractivity contribution in [1.29, 1.82) is 0 Å². The normalized spacial score (nSPS) is 9.75. The van der Waals surface area contributed by atoms with Crippen LogP contribution in [0.2, 0.25) is 0 Å². The van der Waals surface area contributed by atoms with Crippen LogP contribution in [0.4, 0.5) is 0 Å². The fraction of sp³-hybridized carbons (Fsp3) is 0.333. The molecule has 0 N–H and O–H groups in total. The SMILES string of the molecule is C=CCc1c[c][c]cc1CCC. The summed E-state index contributed by atoms with van der Waals surface area (Å²) < 4.78 is 0. The number of hydrogen-bond donors (Lipinski definition) is 0. The zero-order valence-corrected chi connectivity index (χ0v) is 7.56. The van der Waals surface area contributed by atoms with Crippen molar-refractivity contribution >= 4 is 0 Å². The summed E-state index contributed by atoms with van der Waals surface area (Å²) in [5.74, 6) is 0. The van der Waals surface area contributed by atoms with Crippen molar-refractivity contribution in [3.63, 3.8) is 0 Å². The minimum absolute atomic E-state index is 0.945. The molecule has 62 valence electrons. The van der Waals surface area contributed by atoms with E-state index in [1.165, 1.54) is 17.5 Å². The molecule has 0 bridgehead atoms. The minimum atomic E-state index is 0.945. The number of aryl methyl sites for hydroxylation is 1. The highest BCUT2D eigenvalue weighted by Gasteiger charge is 1.97. The second-order valence-corrected chi connectivity index (χ2v) is 2.87. The molecule has 0 spiro atoms. The van der Waals surface area contributed by atoms with Crippen LogP contribution < -0.4 is 0 Å². The smallest absolute Gasteiger partial charge is 0.00958 e. The molecule has 0 nitrogen and oxygen atoms in total. The monoisotopic (exact) mass is 158 g/mol. The van der Waals surface area contributed by atoms with E-state index >= 15 is 0 Å². The maximum Gasteiger partial charge on any atom is -0.00958 e. The Morgan fingerprint density at radius 2 is 2.00 bits per heavy atom. The molecule has 1 aromatic carbocycles. The van der Waals surface area contributed by atoms with Crippen LogP contribution in [0.25, 0.3) is 0 Å². The van der Waals surface area contributed by atoms with Gasteiger partial charge in [0, 0.05) is 0 Å². The van der Waals surface area contributed by atoms with Gasteiger partial charge < -0.3 is 0 Å². The third-order valence-corrected chi connectivity index (χ3v) is 1.87. The van der Waals surface area contributed by atoms with Crippen molar-refractivity contribution in [2.24, 2.45) is 0 Å². The van der Waals surface area contributed by atoms with Crippen molar-refractivity contribution < 1.29 is 0 Å². The molecule has 1 aromatic rings. The summed E-state index contributed by atoms with van der Waals surface area (Å²) in [6, 6.07) is 9.99. The number of allylic oxidation sites excluding steroid dienone is 1. The van der Waals surface area contributed by atoms with Crippen molar-refractivity contribution in [1.82, 2.24) is 0 Å². The molecule has 0 amide bonds. The van der Waals surface area contributed by atoms with Gasteiger partial charge in [0.25, 0.3) is 0 Å². The summed E-state index contributed by atoms with van der Waals surface area (Å²) in [6.45, 7) is 5.92. The number of benzene rings is 1. The van der Waals surface area contributed by atoms with Crippen molar-refractivity contribution in [3.05, 3.63) is 48.0 Å². The summed E-state index contributed by atoms with van der Waals surface area (Å²) in [6.07, 6.45) is 5.19. The molecule has 0 aliphatic rings. The maximum absolute atomic E-state index is 3.73. The fourth-order valence-electron chi connectivity index (χ4n) is 1.29. The highest BCUT2D eigenvalue weighted by Crippen LogP contribution is 2.11. The molecule has 0 aromatic heterocycles. The molecule has 0 saturated heterocycles. The number of hydrogen-bond acceptors (Lipinski definition) is 0. The third-order valence-electron chi connectivity index (χ3n) is 1.87. The topological polar surface area (TPSA) is 0 Å². The quantitative estimate of drug-likeness (QED) is 0.591. The average molecular weight is 158 g/mol. The first-order valence-electron chi connectivity index (χ1n) is 4.39. The van der Waals surface area contributed by atoms with E-state index in [0.717, 1.165) is 12.8 Å². The minimum Gasteiger partial charge on any atom is -0.103 e. The average Bonchev–Trinajstić information content (AvgIpc) is 2.09. The van der Waals surface area contributed by atoms with Gasteiger partial charge in [0.15, 0.2) is 0 Å². The van der Waals surface area contributed by atoms with Gasteiger partial charge in [-0.1, -0.05) is 25.5 Å². The standard InChI is InChI=1S/C12H14/c1-3-7-11-9-5-6-10-12(11)8-4-2/h3,9-10H,1,4,7-8H2,2H3. The Morgan fingerprint density at radius 3 is 2.58 bits per heavy atom. The summed E-state index contributed by atoms with van der Waals surface area (Å²) >= 11 is 0. The van der Waals surface area contributed by atoms with Crippen LogP contribution in [-0.2, 0) is 12.8 Å². The third kappa shape index (κ3) is 2.23. The lowest BCUT2D eigenvalue weighted by Gasteiger charge is -2.04. The van der Waals surface area contributed by atoms with Crippen LogP contribution in [0.5, 0.6) is 0 Å². The van der Waals surface area contributed by atoms with E-state index < -0.39 is 0 Å². The highest BCUT2D eigenvalue weighted by molar-refractivity contribution is 5.27. The van der Waals surface area contributed by atoms with Crippen LogP contribution in [0, 0.1) is 12.1 Å². The Morgan fingerprint density at radius 1 is 1.33 bits per heavy atom. The zero-order chi connectivity index (χ0) is 8.81. The lowest BCUT2D eigenvalue weighted by Crippen LogP contribution is -1.91. The van der Waals surface area contributed by atoms with E-state index in [9.17, 15) is 0 Å². The van der Waals surface area contributed by atoms with Crippen molar-refractivity contribution in [2.75, 3.05) is 0 Å². The molecule has 2 radical (unpaired) electrons. The Bertz CT molecular complexity index is 248. The first-order valence-corrected chi connectivity index (χ1v) is 4.39. The van der Waals surface area contributed by atoms with E-state index in [1.54, 1.807) is 0 Å². The lowest BCUT2D eigenvalue weighted by atomic mass is 10.0. The zero-order valence-electron chi connectivity index (χ0n) is 7.56. The molecule has 0 aliphatic heterocycles. The van der Waals surface area contributed by atoms with E-state index in [0.29, 0.717) is 0 Å². The van der Waals surface area contributed by atoms with Crippen molar-refractivity contribution in [3.8, 4) is 0 Å². The molecule has 0 heteroatoms. The predicted octanol–water partition coefficient (Wildman–Crippen LogP) is 2.97. The summed E-state index contributed by atoms with van der Waals surface area (Å²) in [7, 11) is 0. The Hall–Kier alpha value is -1.04. The van der Waals surface area contributed by atoms with Gasteiger partial charge in [-0.15, -0.1) is 6.58 Å². The summed E-state index contributed by atoms with van der Waals surface area (Å²) in [5, 5.41) is 0. The van der Waals surface area contributed by atoms with Gasteiger partial charge in [-0.05, 0) is 42.2 Å². The Kier molecular flexibility index (Phi) is 3.59. The van der Waals surface area contributed by atoms with Gasteiger partial charge in [-0.3, -0.25) is 0 Å². The molecular weight excluding hydrogens is 144 g/mol. The molecule has 0 unspecified atom stereocenters. The van der Waals surface area contributed by atoms with Crippen LogP contribution in [0.1, 0.15) is 24.5 Å². The predicted molar refractivity (Wildman–Crippen MR) is 52.0 cm³/mol. The molecule has 0 aliphatic carbocycles. The van der Waals surface area contributed by atoms with Crippen LogP contribution in [0.15, 0.2) is 24.8 Å². The van der Waals surface area contributed by atoms with E-state index in [1.807, 2.05) is 18.2 Å². The second kappa shape index (κ2) is 4.76. The van der Waals surface area contributed by atoms with Gasteiger partial charge in [0.2, 0.25) is 0 Å². The van der Waals surface area contributed by atoms with Gasteiger partial charge in [0.1, 0.15) is 0 Å². The summed E-state index contributed by atoms with van der Waals surface area (Å²) in [4.78, 5) is 0. The van der Waals surface area contributed by atoms with Crippen LogP contribution >= 0.6 is 0 Å². The van der Waals surface area contributed by atoms with Gasteiger partial charge in [-0.2, -0.15) is 0 Å². The first kappa shape index (κ1) is 9.05. The van der Waals surface area contributed by atoms with Crippen LogP contribution in [0.3, 0.4) is 0 Å². The largest absolute Gasteiger partial charge is 0.103 e. The summed E-state index contributed by atoms with van der Waals surface area (Å²) in [5.41, 5.74) is 2.72. The van der Waals surface area contributed by atoms with Gasteiger partial charge in [0.05, 0.1) is 0 Å². The molecule has 0 heterocycles. The maximum atomic E-state index is 3.73. The van der Waals surface area contributed by atoms with Crippen molar-refractivity contribution in [2.45, 2.75) is 26.2 Å². The fourth-order valence-corrected chi connectivity index (χ4v) is 1.29. The molecule has 0 atom stereocenters. The Labute approximate surface area is 74.9 Å². The molecule has 0 fully saturated rings. The van der Waals surface area contributed by atoms with Crippen LogP contribution in [-0.4, -0.2) is 0 Å². The second-order valence-electron chi connectivity index (χ2n) is 2.87. The lowest BCUT2D eigenvalue weighted by molar-refractivity contribution is 0.906. The molecular formula is C12H14. The van der Waals surface area contributed by atoms with E-state index in [4.69, 9.17) is 0 Å². The molecule has 1 rings (SSSR count).